The molecule has 0 aliphatic heterocycles. The normalized spacial score (nSPS) is 9.09. The van der Waals surface area contributed by atoms with Crippen molar-refractivity contribution in [2.75, 3.05) is 6.54 Å². The molecule has 5 nitrogen and oxygen atoms in total. The Balaban J connectivity index is 3.03. The molecule has 3 N–H and O–H groups in total. The summed E-state index contributed by atoms with van der Waals surface area (Å²) in [6.07, 6.45) is 0.0548. The van der Waals surface area contributed by atoms with Crippen molar-refractivity contribution in [3.63, 3.8) is 0 Å². The second kappa shape index (κ2) is 5.73. The molecule has 0 radical (unpaired) electrons. The maximum atomic E-state index is 9.94. The molecule has 0 amide bonds. The van der Waals surface area contributed by atoms with Gasteiger partial charge in [0, 0.05) is 6.32 Å². The van der Waals surface area contributed by atoms with Crippen molar-refractivity contribution in [1.29, 1.82) is 0 Å². The molecular formula is C5H10BNO4. The van der Waals surface area contributed by atoms with Crippen LogP contribution in [-0.2, 0) is 9.59 Å². The number of hydrogen-bond donors (Lipinski definition) is 3. The summed E-state index contributed by atoms with van der Waals surface area (Å²) < 4.78 is 0. The van der Waals surface area contributed by atoms with E-state index < -0.39 is 11.9 Å². The Bertz CT molecular complexity index is 133. The zero-order valence-corrected chi connectivity index (χ0v) is 6.04. The van der Waals surface area contributed by atoms with E-state index in [2.05, 4.69) is 5.23 Å². The van der Waals surface area contributed by atoms with Crippen LogP contribution in [0.5, 0.6) is 0 Å². The van der Waals surface area contributed by atoms with Crippen LogP contribution in [0.3, 0.4) is 0 Å². The van der Waals surface area contributed by atoms with Gasteiger partial charge in [0.2, 0.25) is 7.41 Å². The van der Waals surface area contributed by atoms with Gasteiger partial charge < -0.3 is 15.4 Å². The molecule has 0 aliphatic carbocycles. The highest BCUT2D eigenvalue weighted by atomic mass is 16.4. The first-order valence-electron chi connectivity index (χ1n) is 3.27. The molecule has 11 heavy (non-hydrogen) atoms. The smallest absolute Gasteiger partial charge is 0.304 e. The number of nitrogens with one attached hydrogen (secondary N) is 1. The molecule has 0 spiro atoms. The van der Waals surface area contributed by atoms with E-state index in [1.165, 1.54) is 0 Å². The SMILES string of the molecule is O=C(O)CBNCCC(=O)O. The Morgan fingerprint density at radius 1 is 1.27 bits per heavy atom. The fraction of sp³-hybridized carbons (Fsp3) is 0.600. The van der Waals surface area contributed by atoms with Crippen molar-refractivity contribution in [2.45, 2.75) is 12.7 Å². The third kappa shape index (κ3) is 8.96. The molecule has 0 atom stereocenters. The lowest BCUT2D eigenvalue weighted by atomic mass is 9.89. The zero-order valence-electron chi connectivity index (χ0n) is 6.04. The summed E-state index contributed by atoms with van der Waals surface area (Å²) >= 11 is 0. The summed E-state index contributed by atoms with van der Waals surface area (Å²) in [6.45, 7) is 0.322. The molecule has 0 bridgehead atoms. The molecule has 0 rings (SSSR count). The van der Waals surface area contributed by atoms with E-state index in [0.717, 1.165) is 0 Å². The van der Waals surface area contributed by atoms with Gasteiger partial charge in [-0.1, -0.05) is 0 Å². The molecule has 0 aromatic rings. The van der Waals surface area contributed by atoms with Gasteiger partial charge in [0.05, 0.1) is 6.42 Å². The van der Waals surface area contributed by atoms with E-state index in [0.29, 0.717) is 14.0 Å². The van der Waals surface area contributed by atoms with E-state index in [4.69, 9.17) is 10.2 Å². The number of aliphatic carboxylic acids is 2. The van der Waals surface area contributed by atoms with Crippen LogP contribution in [0.2, 0.25) is 6.32 Å². The van der Waals surface area contributed by atoms with Crippen LogP contribution in [0.25, 0.3) is 0 Å². The standard InChI is InChI=1S/C5H10BNO4/c8-4(9)1-2-7-6-3-5(10)11/h6-7H,1-3H2,(H,8,9)(H,10,11). The summed E-state index contributed by atoms with van der Waals surface area (Å²) in [6, 6.07) is 0. The van der Waals surface area contributed by atoms with Gasteiger partial charge in [-0.15, -0.1) is 0 Å². The summed E-state index contributed by atoms with van der Waals surface area (Å²) in [4.78, 5) is 19.9. The maximum absolute atomic E-state index is 9.94. The molecule has 0 saturated heterocycles. The summed E-state index contributed by atoms with van der Waals surface area (Å²) in [7, 11) is 0.322. The highest BCUT2D eigenvalue weighted by Crippen LogP contribution is 1.77. The third-order valence-corrected chi connectivity index (χ3v) is 1.03. The van der Waals surface area contributed by atoms with Gasteiger partial charge in [0.15, 0.2) is 0 Å². The largest absolute Gasteiger partial charge is 0.482 e. The lowest BCUT2D eigenvalue weighted by molar-refractivity contribution is -0.137. The first-order valence-corrected chi connectivity index (χ1v) is 3.27. The highest BCUT2D eigenvalue weighted by Gasteiger charge is 1.99. The minimum absolute atomic E-state index is 0.0274. The van der Waals surface area contributed by atoms with Crippen molar-refractivity contribution >= 4 is 19.4 Å². The van der Waals surface area contributed by atoms with E-state index >= 15 is 0 Å². The fourth-order valence-electron chi connectivity index (χ4n) is 0.516. The Morgan fingerprint density at radius 2 is 1.91 bits per heavy atom. The Kier molecular flexibility index (Phi) is 5.19. The van der Waals surface area contributed by atoms with Crippen molar-refractivity contribution in [1.82, 2.24) is 5.23 Å². The second-order valence-electron chi connectivity index (χ2n) is 2.04. The van der Waals surface area contributed by atoms with Gasteiger partial charge >= 0.3 is 5.97 Å². The summed E-state index contributed by atoms with van der Waals surface area (Å²) in [5.74, 6) is -1.76. The molecule has 0 fully saturated rings. The van der Waals surface area contributed by atoms with Gasteiger partial charge in [-0.2, -0.15) is 0 Å². The zero-order chi connectivity index (χ0) is 8.69. The molecule has 62 valence electrons. The number of carbonyl (C=O) groups is 2. The van der Waals surface area contributed by atoms with Crippen LogP contribution in [0.4, 0.5) is 0 Å². The van der Waals surface area contributed by atoms with Gasteiger partial charge in [0.1, 0.15) is 0 Å². The third-order valence-electron chi connectivity index (χ3n) is 1.03. The lowest BCUT2D eigenvalue weighted by Gasteiger charge is -1.96. The van der Waals surface area contributed by atoms with Crippen molar-refractivity contribution in [3.05, 3.63) is 0 Å². The monoisotopic (exact) mass is 159 g/mol. The predicted octanol–water partition coefficient (Wildman–Crippen LogP) is -1.09. The fourth-order valence-corrected chi connectivity index (χ4v) is 0.516. The lowest BCUT2D eigenvalue weighted by Crippen LogP contribution is -2.24. The van der Waals surface area contributed by atoms with Gasteiger partial charge in [-0.25, -0.2) is 0 Å². The highest BCUT2D eigenvalue weighted by molar-refractivity contribution is 6.37. The number of carboxylic acids is 2. The van der Waals surface area contributed by atoms with Crippen molar-refractivity contribution < 1.29 is 19.8 Å². The average molecular weight is 159 g/mol. The van der Waals surface area contributed by atoms with Crippen LogP contribution in [0.1, 0.15) is 6.42 Å². The maximum Gasteiger partial charge on any atom is 0.304 e. The van der Waals surface area contributed by atoms with E-state index in [-0.39, 0.29) is 12.7 Å². The van der Waals surface area contributed by atoms with Crippen LogP contribution in [0.15, 0.2) is 0 Å². The van der Waals surface area contributed by atoms with Gasteiger partial charge in [-0.05, 0) is 6.54 Å². The summed E-state index contributed by atoms with van der Waals surface area (Å²) in [5, 5.41) is 19.0. The van der Waals surface area contributed by atoms with Crippen LogP contribution < -0.4 is 5.23 Å². The molecule has 6 heteroatoms. The first kappa shape index (κ1) is 9.96. The van der Waals surface area contributed by atoms with Gasteiger partial charge in [-0.3, -0.25) is 9.59 Å². The van der Waals surface area contributed by atoms with Crippen molar-refractivity contribution in [2.24, 2.45) is 0 Å². The first-order chi connectivity index (χ1) is 5.13. The Hall–Kier alpha value is -1.04. The molecule has 0 aliphatic rings. The van der Waals surface area contributed by atoms with Crippen LogP contribution in [-0.4, -0.2) is 36.1 Å². The van der Waals surface area contributed by atoms with Crippen LogP contribution in [0, 0.1) is 0 Å². The predicted molar refractivity (Wildman–Crippen MR) is 39.8 cm³/mol. The Labute approximate surface area is 64.7 Å². The molecule has 0 unspecified atom stereocenters. The molecule has 0 aromatic carbocycles. The number of carboxylic acid groups (broad SMARTS) is 2. The van der Waals surface area contributed by atoms with E-state index in [1.807, 2.05) is 0 Å². The summed E-state index contributed by atoms with van der Waals surface area (Å²) in [5.41, 5.74) is 0. The quantitative estimate of drug-likeness (QED) is 0.338. The topological polar surface area (TPSA) is 86.6 Å². The molecule has 0 heterocycles. The van der Waals surface area contributed by atoms with Gasteiger partial charge in [0.25, 0.3) is 5.97 Å². The van der Waals surface area contributed by atoms with E-state index in [1.54, 1.807) is 0 Å². The molecular weight excluding hydrogens is 149 g/mol. The van der Waals surface area contributed by atoms with Crippen molar-refractivity contribution in [3.8, 4) is 0 Å². The minimum atomic E-state index is -0.882. The van der Waals surface area contributed by atoms with Crippen LogP contribution >= 0.6 is 0 Å². The number of hydrogen-bond acceptors (Lipinski definition) is 3. The molecule has 0 saturated carbocycles. The Morgan fingerprint density at radius 3 is 2.36 bits per heavy atom. The minimum Gasteiger partial charge on any atom is -0.482 e. The second-order valence-corrected chi connectivity index (χ2v) is 2.04. The average Bonchev–Trinajstić information content (AvgIpc) is 1.85. The molecule has 0 aromatic heterocycles. The van der Waals surface area contributed by atoms with E-state index in [9.17, 15) is 9.59 Å². The number of rotatable bonds is 6.